The van der Waals surface area contributed by atoms with E-state index >= 15 is 0 Å². The van der Waals surface area contributed by atoms with Gasteiger partial charge in [-0.05, 0) is 12.7 Å². The Hall–Kier alpha value is -0.480. The van der Waals surface area contributed by atoms with Crippen LogP contribution in [-0.4, -0.2) is 55.7 Å². The van der Waals surface area contributed by atoms with Crippen LogP contribution in [0.4, 0.5) is 4.79 Å². The molecular weight excluding hydrogens is 437 g/mol. The van der Waals surface area contributed by atoms with Gasteiger partial charge in [0.15, 0.2) is 10.5 Å². The number of thioether (sulfide) groups is 2. The summed E-state index contributed by atoms with van der Waals surface area (Å²) in [7, 11) is 0. The van der Waals surface area contributed by atoms with Gasteiger partial charge >= 0.3 is 12.1 Å². The number of carbonyl (C=O) groups excluding carboxylic acids is 2. The molecule has 1 amide bonds. The van der Waals surface area contributed by atoms with Crippen molar-refractivity contribution in [2.45, 2.75) is 35.7 Å². The summed E-state index contributed by atoms with van der Waals surface area (Å²) in [6.45, 7) is 3.41. The predicted octanol–water partition coefficient (Wildman–Crippen LogP) is 3.43. The zero-order valence-corrected chi connectivity index (χ0v) is 16.9. The van der Waals surface area contributed by atoms with Gasteiger partial charge in [-0.15, -0.1) is 11.8 Å². The SMILES string of the molecule is CCSC1=C(C(=O)O)N2C(=O)[C@H](C(C)OC(=O)OC(Cl)C(Cl)Cl)[C@H]2S1. The average Bonchev–Trinajstić information content (AvgIpc) is 2.81. The third kappa shape index (κ3) is 4.27. The molecule has 4 atom stereocenters. The molecule has 0 radical (unpaired) electrons. The maximum absolute atomic E-state index is 12.4. The second kappa shape index (κ2) is 8.47. The minimum Gasteiger partial charge on any atom is -0.477 e. The Bertz CT molecular complexity index is 617. The molecule has 1 N–H and O–H groups in total. The van der Waals surface area contributed by atoms with E-state index in [0.29, 0.717) is 9.99 Å². The molecule has 2 heterocycles. The molecule has 25 heavy (non-hydrogen) atoms. The number of amides is 1. The number of carboxylic acid groups (broad SMARTS) is 1. The van der Waals surface area contributed by atoms with E-state index in [1.165, 1.54) is 35.3 Å². The first-order valence-electron chi connectivity index (χ1n) is 7.08. The summed E-state index contributed by atoms with van der Waals surface area (Å²) in [6, 6.07) is 0. The topological polar surface area (TPSA) is 93.1 Å². The van der Waals surface area contributed by atoms with Gasteiger partial charge in [0, 0.05) is 0 Å². The lowest BCUT2D eigenvalue weighted by Crippen LogP contribution is -2.61. The molecule has 0 aromatic carbocycles. The number of aliphatic carboxylic acids is 1. The van der Waals surface area contributed by atoms with Crippen LogP contribution in [0.1, 0.15) is 13.8 Å². The van der Waals surface area contributed by atoms with Crippen molar-refractivity contribution >= 4 is 76.4 Å². The average molecular weight is 451 g/mol. The molecular formula is C13H14Cl3NO6S2. The van der Waals surface area contributed by atoms with Gasteiger partial charge in [-0.2, -0.15) is 0 Å². The molecule has 2 rings (SSSR count). The maximum Gasteiger partial charge on any atom is 0.510 e. The second-order valence-corrected chi connectivity index (χ2v) is 9.25. The number of β-lactam (4-membered cyclic amide) rings is 1. The third-order valence-electron chi connectivity index (χ3n) is 3.42. The Morgan fingerprint density at radius 3 is 2.52 bits per heavy atom. The summed E-state index contributed by atoms with van der Waals surface area (Å²) in [5.74, 6) is -1.59. The van der Waals surface area contributed by atoms with E-state index in [4.69, 9.17) is 39.5 Å². The monoisotopic (exact) mass is 449 g/mol. The molecule has 0 spiro atoms. The summed E-state index contributed by atoms with van der Waals surface area (Å²) >= 11 is 19.2. The van der Waals surface area contributed by atoms with Gasteiger partial charge in [-0.25, -0.2) is 9.59 Å². The van der Waals surface area contributed by atoms with Gasteiger partial charge < -0.3 is 14.6 Å². The number of carbonyl (C=O) groups is 3. The van der Waals surface area contributed by atoms with Gasteiger partial charge in [0.25, 0.3) is 0 Å². The van der Waals surface area contributed by atoms with E-state index in [2.05, 4.69) is 4.74 Å². The highest BCUT2D eigenvalue weighted by molar-refractivity contribution is 8.22. The molecule has 2 unspecified atom stereocenters. The lowest BCUT2D eigenvalue weighted by atomic mass is 9.92. The van der Waals surface area contributed by atoms with E-state index in [1.807, 2.05) is 6.92 Å². The van der Waals surface area contributed by atoms with E-state index in [9.17, 15) is 19.5 Å². The van der Waals surface area contributed by atoms with Gasteiger partial charge in [0.05, 0.1) is 4.24 Å². The zero-order chi connectivity index (χ0) is 18.9. The molecule has 7 nitrogen and oxygen atoms in total. The van der Waals surface area contributed by atoms with Crippen LogP contribution >= 0.6 is 58.3 Å². The standard InChI is InChI=1S/C13H14Cl3NO6S2/c1-3-24-12-6(11(19)20)17-9(18)5(10(17)25-12)4(2)22-13(21)23-8(16)7(14)15/h4-5,7-8,10H,3H2,1-2H3,(H,19,20)/t4?,5-,8?,10+/m0/s1. The smallest absolute Gasteiger partial charge is 0.477 e. The normalized spacial score (nSPS) is 24.7. The van der Waals surface area contributed by atoms with E-state index < -0.39 is 45.8 Å². The Kier molecular flexibility index (Phi) is 7.06. The Balaban J connectivity index is 2.01. The molecule has 0 bridgehead atoms. The molecule has 1 fully saturated rings. The van der Waals surface area contributed by atoms with Crippen LogP contribution in [0.5, 0.6) is 0 Å². The Morgan fingerprint density at radius 2 is 2.00 bits per heavy atom. The number of halogens is 3. The van der Waals surface area contributed by atoms with Crippen LogP contribution in [0.3, 0.4) is 0 Å². The summed E-state index contributed by atoms with van der Waals surface area (Å²) in [5, 5.41) is 8.91. The summed E-state index contributed by atoms with van der Waals surface area (Å²) in [6.07, 6.45) is -1.94. The minimum atomic E-state index is -1.29. The molecule has 0 saturated carbocycles. The van der Waals surface area contributed by atoms with Crippen molar-refractivity contribution in [3.8, 4) is 0 Å². The van der Waals surface area contributed by atoms with Crippen molar-refractivity contribution in [2.75, 3.05) is 5.75 Å². The largest absolute Gasteiger partial charge is 0.510 e. The highest BCUT2D eigenvalue weighted by Crippen LogP contribution is 2.54. The van der Waals surface area contributed by atoms with Crippen LogP contribution in [0.15, 0.2) is 9.93 Å². The van der Waals surface area contributed by atoms with Crippen LogP contribution in [0.25, 0.3) is 0 Å². The van der Waals surface area contributed by atoms with Crippen molar-refractivity contribution < 1.29 is 29.0 Å². The lowest BCUT2D eigenvalue weighted by Gasteiger charge is -2.44. The second-order valence-electron chi connectivity index (χ2n) is 4.99. The Labute approximate surface area is 167 Å². The number of hydrogen-bond acceptors (Lipinski definition) is 7. The summed E-state index contributed by atoms with van der Waals surface area (Å²) in [4.78, 5) is 35.6. The van der Waals surface area contributed by atoms with Crippen molar-refractivity contribution in [1.29, 1.82) is 0 Å². The first-order valence-corrected chi connectivity index (χ1v) is 10.3. The summed E-state index contributed by atoms with van der Waals surface area (Å²) in [5.41, 5.74) is -1.31. The van der Waals surface area contributed by atoms with Gasteiger partial charge in [-0.3, -0.25) is 9.69 Å². The Morgan fingerprint density at radius 1 is 1.36 bits per heavy atom. The van der Waals surface area contributed by atoms with Gasteiger partial charge in [-0.1, -0.05) is 53.5 Å². The van der Waals surface area contributed by atoms with E-state index in [-0.39, 0.29) is 5.70 Å². The first kappa shape index (κ1) is 20.8. The maximum atomic E-state index is 12.4. The van der Waals surface area contributed by atoms with Gasteiger partial charge in [0.1, 0.15) is 17.4 Å². The number of rotatable bonds is 7. The van der Waals surface area contributed by atoms with Gasteiger partial charge in [0.2, 0.25) is 11.5 Å². The first-order chi connectivity index (χ1) is 11.7. The number of ether oxygens (including phenoxy) is 2. The molecule has 12 heteroatoms. The fraction of sp³-hybridized carbons (Fsp3) is 0.615. The van der Waals surface area contributed by atoms with Crippen molar-refractivity contribution in [1.82, 2.24) is 4.90 Å². The predicted molar refractivity (Wildman–Crippen MR) is 96.7 cm³/mol. The van der Waals surface area contributed by atoms with Crippen molar-refractivity contribution in [3.05, 3.63) is 9.93 Å². The molecule has 2 aliphatic heterocycles. The lowest BCUT2D eigenvalue weighted by molar-refractivity contribution is -0.157. The molecule has 2 aliphatic rings. The van der Waals surface area contributed by atoms with Crippen molar-refractivity contribution in [2.24, 2.45) is 5.92 Å². The summed E-state index contributed by atoms with van der Waals surface area (Å²) < 4.78 is 10.3. The fourth-order valence-corrected chi connectivity index (χ4v) is 5.36. The molecule has 1 saturated heterocycles. The zero-order valence-electron chi connectivity index (χ0n) is 13.0. The van der Waals surface area contributed by atoms with E-state index in [1.54, 1.807) is 0 Å². The van der Waals surface area contributed by atoms with Crippen LogP contribution in [0, 0.1) is 5.92 Å². The molecule has 0 aliphatic carbocycles. The quantitative estimate of drug-likeness (QED) is 0.358. The van der Waals surface area contributed by atoms with Crippen molar-refractivity contribution in [3.63, 3.8) is 0 Å². The number of alkyl halides is 3. The molecule has 0 aromatic heterocycles. The van der Waals surface area contributed by atoms with Crippen LogP contribution in [-0.2, 0) is 19.1 Å². The highest BCUT2D eigenvalue weighted by atomic mass is 35.5. The number of hydrogen-bond donors (Lipinski definition) is 1. The molecule has 0 aromatic rings. The molecule has 140 valence electrons. The highest BCUT2D eigenvalue weighted by Gasteiger charge is 2.58. The number of carboxylic acids is 1. The number of nitrogens with zero attached hydrogens (tertiary/aromatic N) is 1. The van der Waals surface area contributed by atoms with E-state index in [0.717, 1.165) is 0 Å². The van der Waals surface area contributed by atoms with Crippen LogP contribution < -0.4 is 0 Å². The third-order valence-corrected chi connectivity index (χ3v) is 7.02. The van der Waals surface area contributed by atoms with Crippen LogP contribution in [0.2, 0.25) is 0 Å². The fourth-order valence-electron chi connectivity index (χ4n) is 2.37. The minimum absolute atomic E-state index is 0.0224. The number of fused-ring (bicyclic) bond motifs is 1.